The van der Waals surface area contributed by atoms with Gasteiger partial charge in [-0.15, -0.1) is 13.2 Å². The van der Waals surface area contributed by atoms with Crippen molar-refractivity contribution in [3.05, 3.63) is 60.5 Å². The largest absolute Gasteiger partial charge is 0.573 e. The Bertz CT molecular complexity index is 786. The molecule has 0 unspecified atom stereocenters. The van der Waals surface area contributed by atoms with E-state index >= 15 is 0 Å². The van der Waals surface area contributed by atoms with Crippen molar-refractivity contribution in [2.24, 2.45) is 0 Å². The van der Waals surface area contributed by atoms with Gasteiger partial charge in [0.2, 0.25) is 5.82 Å². The molecule has 1 aromatic heterocycles. The van der Waals surface area contributed by atoms with Crippen LogP contribution in [-0.2, 0) is 6.61 Å². The normalized spacial score (nSPS) is 11.3. The predicted octanol–water partition coefficient (Wildman–Crippen LogP) is 4.21. The Morgan fingerprint density at radius 1 is 0.917 bits per heavy atom. The number of rotatable bonds is 5. The van der Waals surface area contributed by atoms with Crippen LogP contribution in [0, 0.1) is 0 Å². The lowest BCUT2D eigenvalue weighted by Gasteiger charge is -2.08. The van der Waals surface area contributed by atoms with Crippen molar-refractivity contribution in [1.29, 1.82) is 0 Å². The molecule has 0 amide bonds. The fourth-order valence-electron chi connectivity index (χ4n) is 1.90. The lowest BCUT2D eigenvalue weighted by Crippen LogP contribution is -2.16. The molecule has 8 heteroatoms. The molecule has 0 N–H and O–H groups in total. The van der Waals surface area contributed by atoms with Crippen LogP contribution in [0.5, 0.6) is 11.5 Å². The van der Waals surface area contributed by atoms with E-state index in [1.165, 1.54) is 24.3 Å². The maximum absolute atomic E-state index is 12.1. The molecular formula is C16H11F3N2O3. The van der Waals surface area contributed by atoms with Gasteiger partial charge in [0.15, 0.2) is 6.61 Å². The van der Waals surface area contributed by atoms with Crippen molar-refractivity contribution in [1.82, 2.24) is 10.1 Å². The highest BCUT2D eigenvalue weighted by Crippen LogP contribution is 2.25. The second-order valence-electron chi connectivity index (χ2n) is 4.69. The number of hydrogen-bond acceptors (Lipinski definition) is 5. The summed E-state index contributed by atoms with van der Waals surface area (Å²) in [6, 6.07) is 14.3. The highest BCUT2D eigenvalue weighted by Gasteiger charge is 2.31. The third kappa shape index (κ3) is 4.25. The van der Waals surface area contributed by atoms with Crippen LogP contribution in [0.3, 0.4) is 0 Å². The van der Waals surface area contributed by atoms with Crippen molar-refractivity contribution in [3.8, 4) is 22.9 Å². The van der Waals surface area contributed by atoms with E-state index in [-0.39, 0.29) is 24.1 Å². The molecule has 2 aromatic carbocycles. The number of para-hydroxylation sites is 1. The number of hydrogen-bond donors (Lipinski definition) is 0. The molecule has 0 aliphatic rings. The van der Waals surface area contributed by atoms with E-state index in [2.05, 4.69) is 14.9 Å². The topological polar surface area (TPSA) is 57.4 Å². The van der Waals surface area contributed by atoms with Gasteiger partial charge in [-0.05, 0) is 36.4 Å². The summed E-state index contributed by atoms with van der Waals surface area (Å²) >= 11 is 0. The lowest BCUT2D eigenvalue weighted by molar-refractivity contribution is -0.274. The first kappa shape index (κ1) is 15.9. The van der Waals surface area contributed by atoms with E-state index in [9.17, 15) is 13.2 Å². The minimum Gasteiger partial charge on any atom is -0.484 e. The zero-order chi connectivity index (χ0) is 17.0. The van der Waals surface area contributed by atoms with Gasteiger partial charge < -0.3 is 14.0 Å². The van der Waals surface area contributed by atoms with E-state index in [4.69, 9.17) is 9.26 Å². The summed E-state index contributed by atoms with van der Waals surface area (Å²) in [5, 5.41) is 3.77. The fourth-order valence-corrected chi connectivity index (χ4v) is 1.90. The third-order valence-corrected chi connectivity index (χ3v) is 2.92. The molecule has 0 aliphatic heterocycles. The van der Waals surface area contributed by atoms with E-state index in [1.807, 2.05) is 18.2 Å². The molecule has 3 rings (SSSR count). The Morgan fingerprint density at radius 3 is 2.29 bits per heavy atom. The van der Waals surface area contributed by atoms with E-state index in [0.29, 0.717) is 11.3 Å². The maximum Gasteiger partial charge on any atom is 0.573 e. The summed E-state index contributed by atoms with van der Waals surface area (Å²) in [4.78, 5) is 4.13. The molecule has 0 spiro atoms. The molecule has 0 radical (unpaired) electrons. The molecule has 5 nitrogen and oxygen atoms in total. The summed E-state index contributed by atoms with van der Waals surface area (Å²) in [5.41, 5.74) is 0.499. The number of alkyl halides is 3. The standard InChI is InChI=1S/C16H11F3N2O3/c17-16(18,19)23-13-8-6-11(7-9-13)15-20-14(24-21-15)10-22-12-4-2-1-3-5-12/h1-9H,10H2. The first-order valence-electron chi connectivity index (χ1n) is 6.86. The monoisotopic (exact) mass is 336 g/mol. The average Bonchev–Trinajstić information content (AvgIpc) is 3.02. The van der Waals surface area contributed by atoms with Gasteiger partial charge in [0.05, 0.1) is 0 Å². The Labute approximate surface area is 134 Å². The molecular weight excluding hydrogens is 325 g/mol. The summed E-state index contributed by atoms with van der Waals surface area (Å²) in [6.45, 7) is 0.0896. The second-order valence-corrected chi connectivity index (χ2v) is 4.69. The van der Waals surface area contributed by atoms with Gasteiger partial charge in [-0.25, -0.2) is 0 Å². The Morgan fingerprint density at radius 2 is 1.62 bits per heavy atom. The zero-order valence-corrected chi connectivity index (χ0v) is 12.2. The molecule has 0 saturated heterocycles. The molecule has 3 aromatic rings. The van der Waals surface area contributed by atoms with Crippen molar-refractivity contribution in [2.45, 2.75) is 13.0 Å². The van der Waals surface area contributed by atoms with Crippen molar-refractivity contribution < 1.29 is 27.2 Å². The van der Waals surface area contributed by atoms with Crippen molar-refractivity contribution in [2.75, 3.05) is 0 Å². The van der Waals surface area contributed by atoms with Crippen LogP contribution in [0.1, 0.15) is 5.89 Å². The molecule has 1 heterocycles. The second kappa shape index (κ2) is 6.61. The first-order chi connectivity index (χ1) is 11.5. The van der Waals surface area contributed by atoms with Crippen LogP contribution < -0.4 is 9.47 Å². The van der Waals surface area contributed by atoms with Crippen LogP contribution in [-0.4, -0.2) is 16.5 Å². The van der Waals surface area contributed by atoms with E-state index in [1.54, 1.807) is 12.1 Å². The third-order valence-electron chi connectivity index (χ3n) is 2.92. The van der Waals surface area contributed by atoms with Crippen LogP contribution in [0.25, 0.3) is 11.4 Å². The summed E-state index contributed by atoms with van der Waals surface area (Å²) in [5.74, 6) is 0.845. The molecule has 0 saturated carbocycles. The van der Waals surface area contributed by atoms with Crippen molar-refractivity contribution in [3.63, 3.8) is 0 Å². The molecule has 0 bridgehead atoms. The zero-order valence-electron chi connectivity index (χ0n) is 12.2. The van der Waals surface area contributed by atoms with Crippen molar-refractivity contribution >= 4 is 0 Å². The predicted molar refractivity (Wildman–Crippen MR) is 77.2 cm³/mol. The number of nitrogens with zero attached hydrogens (tertiary/aromatic N) is 2. The van der Waals surface area contributed by atoms with Gasteiger partial charge in [0.1, 0.15) is 11.5 Å². The summed E-state index contributed by atoms with van der Waals surface area (Å²) < 4.78 is 50.7. The van der Waals surface area contributed by atoms with E-state index in [0.717, 1.165) is 0 Å². The van der Waals surface area contributed by atoms with Gasteiger partial charge in [-0.3, -0.25) is 0 Å². The number of halogens is 3. The Kier molecular flexibility index (Phi) is 4.37. The number of benzene rings is 2. The Balaban J connectivity index is 1.64. The molecule has 0 fully saturated rings. The molecule has 24 heavy (non-hydrogen) atoms. The number of aromatic nitrogens is 2. The van der Waals surface area contributed by atoms with Crippen LogP contribution in [0.2, 0.25) is 0 Å². The summed E-state index contributed by atoms with van der Waals surface area (Å²) in [7, 11) is 0. The van der Waals surface area contributed by atoms with Gasteiger partial charge in [-0.2, -0.15) is 4.98 Å². The van der Waals surface area contributed by atoms with Gasteiger partial charge in [0.25, 0.3) is 5.89 Å². The highest BCUT2D eigenvalue weighted by molar-refractivity contribution is 5.55. The summed E-state index contributed by atoms with van der Waals surface area (Å²) in [6.07, 6.45) is -4.73. The first-order valence-corrected chi connectivity index (χ1v) is 6.86. The highest BCUT2D eigenvalue weighted by atomic mass is 19.4. The maximum atomic E-state index is 12.1. The fraction of sp³-hybridized carbons (Fsp3) is 0.125. The van der Waals surface area contributed by atoms with Gasteiger partial charge in [-0.1, -0.05) is 23.4 Å². The molecule has 0 aliphatic carbocycles. The molecule has 124 valence electrons. The lowest BCUT2D eigenvalue weighted by atomic mass is 10.2. The Hall–Kier alpha value is -3.03. The minimum absolute atomic E-state index is 0.0896. The van der Waals surface area contributed by atoms with Crippen LogP contribution in [0.15, 0.2) is 59.1 Å². The smallest absolute Gasteiger partial charge is 0.484 e. The average molecular weight is 336 g/mol. The van der Waals surface area contributed by atoms with Gasteiger partial charge in [0, 0.05) is 5.56 Å². The van der Waals surface area contributed by atoms with E-state index < -0.39 is 6.36 Å². The minimum atomic E-state index is -4.73. The van der Waals surface area contributed by atoms with Crippen LogP contribution in [0.4, 0.5) is 13.2 Å². The molecule has 0 atom stereocenters. The number of ether oxygens (including phenoxy) is 2. The van der Waals surface area contributed by atoms with Gasteiger partial charge >= 0.3 is 6.36 Å². The van der Waals surface area contributed by atoms with Crippen LogP contribution >= 0.6 is 0 Å². The quantitative estimate of drug-likeness (QED) is 0.698. The SMILES string of the molecule is FC(F)(F)Oc1ccc(-c2noc(COc3ccccc3)n2)cc1.